The van der Waals surface area contributed by atoms with Crippen LogP contribution in [0.4, 0.5) is 0 Å². The molecule has 3 atom stereocenters. The lowest BCUT2D eigenvalue weighted by atomic mass is 9.93. The summed E-state index contributed by atoms with van der Waals surface area (Å²) < 4.78 is 1.23. The lowest BCUT2D eigenvalue weighted by Crippen LogP contribution is -2.40. The van der Waals surface area contributed by atoms with E-state index in [1.54, 1.807) is 11.8 Å². The van der Waals surface area contributed by atoms with Crippen molar-refractivity contribution >= 4 is 39.0 Å². The zero-order valence-corrected chi connectivity index (χ0v) is 14.0. The van der Waals surface area contributed by atoms with Crippen LogP contribution in [0, 0.1) is 0 Å². The van der Waals surface area contributed by atoms with Gasteiger partial charge in [-0.1, -0.05) is 0 Å². The third kappa shape index (κ3) is 3.31. The van der Waals surface area contributed by atoms with Crippen LogP contribution in [-0.2, 0) is 6.42 Å². The minimum absolute atomic E-state index is 0.238. The fraction of sp³-hybridized carbons (Fsp3) is 0.692. The van der Waals surface area contributed by atoms with Gasteiger partial charge >= 0.3 is 0 Å². The number of aliphatic hydroxyl groups excluding tert-OH is 1. The molecule has 0 fully saturated rings. The number of aliphatic hydroxyl groups is 1. The molecule has 1 aromatic rings. The van der Waals surface area contributed by atoms with Gasteiger partial charge in [-0.2, -0.15) is 11.8 Å². The van der Waals surface area contributed by atoms with Crippen LogP contribution >= 0.6 is 39.0 Å². The number of aryl methyl sites for hydroxylation is 1. The molecule has 1 aliphatic carbocycles. The minimum atomic E-state index is 0.238. The number of hydrogen-bond donors (Lipinski definition) is 2. The Hall–Kier alpha value is 0.450. The summed E-state index contributed by atoms with van der Waals surface area (Å²) in [4.78, 5) is 1.52. The van der Waals surface area contributed by atoms with Crippen molar-refractivity contribution in [1.82, 2.24) is 5.32 Å². The van der Waals surface area contributed by atoms with Gasteiger partial charge in [0.15, 0.2) is 0 Å². The van der Waals surface area contributed by atoms with Gasteiger partial charge in [0, 0.05) is 22.2 Å². The molecule has 0 saturated heterocycles. The van der Waals surface area contributed by atoms with Crippen LogP contribution in [0.2, 0.25) is 0 Å². The summed E-state index contributed by atoms with van der Waals surface area (Å²) in [7, 11) is 0. The van der Waals surface area contributed by atoms with Crippen LogP contribution in [0.3, 0.4) is 0 Å². The van der Waals surface area contributed by atoms with Crippen molar-refractivity contribution in [3.63, 3.8) is 0 Å². The Kier molecular flexibility index (Phi) is 5.57. The van der Waals surface area contributed by atoms with Gasteiger partial charge < -0.3 is 10.4 Å². The molecule has 102 valence electrons. The standard InChI is InChI=1S/C13H20BrNOS2/c1-8(12(7-16)17-2)15-10-4-3-5-11-9(10)6-13(14)18-11/h6,8,10,12,15-16H,3-5,7H2,1-2H3. The monoisotopic (exact) mass is 349 g/mol. The Morgan fingerprint density at radius 2 is 2.44 bits per heavy atom. The average molecular weight is 350 g/mol. The highest BCUT2D eigenvalue weighted by Gasteiger charge is 2.25. The molecule has 18 heavy (non-hydrogen) atoms. The minimum Gasteiger partial charge on any atom is -0.395 e. The molecule has 2 nitrogen and oxygen atoms in total. The highest BCUT2D eigenvalue weighted by atomic mass is 79.9. The third-order valence-corrected chi connectivity index (χ3v) is 6.46. The topological polar surface area (TPSA) is 32.3 Å². The van der Waals surface area contributed by atoms with Gasteiger partial charge in [0.05, 0.1) is 10.4 Å². The van der Waals surface area contributed by atoms with Crippen molar-refractivity contribution < 1.29 is 5.11 Å². The van der Waals surface area contributed by atoms with Gasteiger partial charge in [0.25, 0.3) is 0 Å². The highest BCUT2D eigenvalue weighted by Crippen LogP contribution is 2.38. The second-order valence-electron chi connectivity index (χ2n) is 4.79. The Morgan fingerprint density at radius 3 is 3.11 bits per heavy atom. The van der Waals surface area contributed by atoms with E-state index in [4.69, 9.17) is 0 Å². The largest absolute Gasteiger partial charge is 0.395 e. The molecule has 0 radical (unpaired) electrons. The van der Waals surface area contributed by atoms with Gasteiger partial charge in [-0.05, 0) is 60.0 Å². The maximum atomic E-state index is 9.36. The van der Waals surface area contributed by atoms with Gasteiger partial charge in [-0.3, -0.25) is 0 Å². The zero-order chi connectivity index (χ0) is 13.1. The van der Waals surface area contributed by atoms with Gasteiger partial charge in [0.1, 0.15) is 0 Å². The van der Waals surface area contributed by atoms with E-state index >= 15 is 0 Å². The molecule has 3 unspecified atom stereocenters. The van der Waals surface area contributed by atoms with E-state index < -0.39 is 0 Å². The quantitative estimate of drug-likeness (QED) is 0.851. The molecule has 0 amide bonds. The normalized spacial score (nSPS) is 22.6. The lowest BCUT2D eigenvalue weighted by molar-refractivity contribution is 0.267. The van der Waals surface area contributed by atoms with E-state index in [-0.39, 0.29) is 11.9 Å². The predicted molar refractivity (Wildman–Crippen MR) is 84.7 cm³/mol. The maximum Gasteiger partial charge on any atom is 0.0704 e. The molecular weight excluding hydrogens is 330 g/mol. The SMILES string of the molecule is CSC(CO)C(C)NC1CCCc2sc(Br)cc21. The number of halogens is 1. The molecule has 2 N–H and O–H groups in total. The van der Waals surface area contributed by atoms with Gasteiger partial charge in [0.2, 0.25) is 0 Å². The van der Waals surface area contributed by atoms with Crippen LogP contribution in [-0.4, -0.2) is 29.3 Å². The van der Waals surface area contributed by atoms with Crippen molar-refractivity contribution in [1.29, 1.82) is 0 Å². The summed E-state index contributed by atoms with van der Waals surface area (Å²) in [6.07, 6.45) is 5.73. The Bertz CT molecular complexity index is 392. The number of hydrogen-bond acceptors (Lipinski definition) is 4. The first-order valence-electron chi connectivity index (χ1n) is 6.33. The average Bonchev–Trinajstić information content (AvgIpc) is 2.72. The number of fused-ring (bicyclic) bond motifs is 1. The third-order valence-electron chi connectivity index (χ3n) is 3.59. The van der Waals surface area contributed by atoms with Crippen LogP contribution < -0.4 is 5.32 Å². The smallest absolute Gasteiger partial charge is 0.0704 e. The molecule has 1 aromatic heterocycles. The predicted octanol–water partition coefficient (Wildman–Crippen LogP) is 3.59. The molecule has 5 heteroatoms. The van der Waals surface area contributed by atoms with Crippen LogP contribution in [0.25, 0.3) is 0 Å². The van der Waals surface area contributed by atoms with E-state index in [9.17, 15) is 5.11 Å². The fourth-order valence-corrected chi connectivity index (χ4v) is 5.01. The molecule has 0 saturated carbocycles. The van der Waals surface area contributed by atoms with E-state index in [1.807, 2.05) is 11.3 Å². The van der Waals surface area contributed by atoms with Crippen LogP contribution in [0.1, 0.15) is 36.2 Å². The van der Waals surface area contributed by atoms with E-state index in [0.29, 0.717) is 12.1 Å². The van der Waals surface area contributed by atoms with Crippen molar-refractivity contribution in [2.45, 2.75) is 43.5 Å². The van der Waals surface area contributed by atoms with E-state index in [1.165, 1.54) is 33.5 Å². The maximum absolute atomic E-state index is 9.36. The second-order valence-corrected chi connectivity index (χ2v) is 8.38. The van der Waals surface area contributed by atoms with E-state index in [0.717, 1.165) is 0 Å². The summed E-state index contributed by atoms with van der Waals surface area (Å²) in [5.74, 6) is 0. The molecular formula is C13H20BrNOS2. The van der Waals surface area contributed by atoms with Crippen LogP contribution in [0.15, 0.2) is 9.85 Å². The fourth-order valence-electron chi connectivity index (χ4n) is 2.56. The number of nitrogens with one attached hydrogen (secondary N) is 1. The molecule has 0 aromatic carbocycles. The highest BCUT2D eigenvalue weighted by molar-refractivity contribution is 9.11. The van der Waals surface area contributed by atoms with Crippen molar-refractivity contribution in [2.24, 2.45) is 0 Å². The van der Waals surface area contributed by atoms with E-state index in [2.05, 4.69) is 40.5 Å². The van der Waals surface area contributed by atoms with Crippen molar-refractivity contribution in [3.8, 4) is 0 Å². The summed E-state index contributed by atoms with van der Waals surface area (Å²) in [5, 5.41) is 13.3. The first-order valence-corrected chi connectivity index (χ1v) is 9.23. The first-order chi connectivity index (χ1) is 8.65. The number of rotatable bonds is 5. The summed E-state index contributed by atoms with van der Waals surface area (Å²) >= 11 is 7.19. The Labute approximate surface area is 126 Å². The molecule has 2 rings (SSSR count). The zero-order valence-electron chi connectivity index (χ0n) is 10.8. The van der Waals surface area contributed by atoms with Crippen molar-refractivity contribution in [3.05, 3.63) is 20.3 Å². The van der Waals surface area contributed by atoms with Crippen molar-refractivity contribution in [2.75, 3.05) is 12.9 Å². The second kappa shape index (κ2) is 6.75. The Morgan fingerprint density at radius 1 is 1.67 bits per heavy atom. The number of thiophene rings is 1. The molecule has 0 bridgehead atoms. The lowest BCUT2D eigenvalue weighted by Gasteiger charge is -2.30. The first kappa shape index (κ1) is 14.9. The molecule has 1 aliphatic rings. The molecule has 0 spiro atoms. The van der Waals surface area contributed by atoms with Crippen LogP contribution in [0.5, 0.6) is 0 Å². The van der Waals surface area contributed by atoms with Gasteiger partial charge in [-0.15, -0.1) is 11.3 Å². The van der Waals surface area contributed by atoms with Gasteiger partial charge in [-0.25, -0.2) is 0 Å². The summed E-state index contributed by atoms with van der Waals surface area (Å²) in [6.45, 7) is 2.41. The molecule has 1 heterocycles. The summed E-state index contributed by atoms with van der Waals surface area (Å²) in [6, 6.07) is 3.04. The summed E-state index contributed by atoms with van der Waals surface area (Å²) in [5.41, 5.74) is 1.46. The Balaban J connectivity index is 2.06. The number of thioether (sulfide) groups is 1. The molecule has 0 aliphatic heterocycles.